The summed E-state index contributed by atoms with van der Waals surface area (Å²) in [6, 6.07) is 10.6. The summed E-state index contributed by atoms with van der Waals surface area (Å²) in [6.45, 7) is 4.02. The van der Waals surface area contributed by atoms with Gasteiger partial charge >= 0.3 is 0 Å². The summed E-state index contributed by atoms with van der Waals surface area (Å²) in [5.41, 5.74) is 1.01. The van der Waals surface area contributed by atoms with Gasteiger partial charge in [-0.15, -0.1) is 11.3 Å². The Labute approximate surface area is 156 Å². The molecule has 0 saturated carbocycles. The Morgan fingerprint density at radius 2 is 1.96 bits per heavy atom. The number of thioether (sulfide) groups is 1. The minimum atomic E-state index is -3.71. The van der Waals surface area contributed by atoms with Crippen molar-refractivity contribution >= 4 is 32.9 Å². The van der Waals surface area contributed by atoms with Crippen molar-refractivity contribution in [2.45, 2.75) is 41.7 Å². The van der Waals surface area contributed by atoms with Crippen LogP contribution in [0.1, 0.15) is 25.3 Å². The molecule has 0 spiro atoms. The number of aromatic nitrogens is 1. The maximum atomic E-state index is 13.0. The predicted octanol–water partition coefficient (Wildman–Crippen LogP) is 5.44. The van der Waals surface area contributed by atoms with E-state index in [1.165, 1.54) is 23.1 Å². The normalized spacial score (nSPS) is 11.8. The number of hydrogen-bond donors (Lipinski definition) is 0. The van der Waals surface area contributed by atoms with Gasteiger partial charge in [-0.3, -0.25) is 0 Å². The van der Waals surface area contributed by atoms with Crippen molar-refractivity contribution in [3.63, 3.8) is 0 Å². The van der Waals surface area contributed by atoms with Crippen LogP contribution >= 0.6 is 23.1 Å². The van der Waals surface area contributed by atoms with E-state index in [1.54, 1.807) is 24.3 Å². The van der Waals surface area contributed by atoms with Crippen LogP contribution < -0.4 is 0 Å². The van der Waals surface area contributed by atoms with Gasteiger partial charge in [0.15, 0.2) is 0 Å². The van der Waals surface area contributed by atoms with Crippen molar-refractivity contribution in [2.24, 2.45) is 0 Å². The van der Waals surface area contributed by atoms with Crippen LogP contribution in [-0.2, 0) is 9.84 Å². The zero-order valence-electron chi connectivity index (χ0n) is 14.1. The second-order valence-electron chi connectivity index (χ2n) is 5.61. The smallest absolute Gasteiger partial charge is 0.238 e. The highest BCUT2D eigenvalue weighted by molar-refractivity contribution is 8.00. The number of unbranched alkanes of at least 4 members (excludes halogenated alkanes) is 1. The highest BCUT2D eigenvalue weighted by Gasteiger charge is 2.28. The first kappa shape index (κ1) is 18.2. The Kier molecular flexibility index (Phi) is 5.66. The molecule has 4 nitrogen and oxygen atoms in total. The van der Waals surface area contributed by atoms with Crippen molar-refractivity contribution in [2.75, 3.05) is 5.75 Å². The lowest BCUT2D eigenvalue weighted by Gasteiger charge is -2.03. The molecule has 7 heteroatoms. The fourth-order valence-electron chi connectivity index (χ4n) is 2.20. The number of hydrogen-bond acceptors (Lipinski definition) is 6. The minimum absolute atomic E-state index is 0.0147. The highest BCUT2D eigenvalue weighted by atomic mass is 32.2. The molecule has 0 radical (unpaired) electrons. The molecule has 0 amide bonds. The van der Waals surface area contributed by atoms with Crippen molar-refractivity contribution < 1.29 is 12.8 Å². The molecule has 0 aliphatic carbocycles. The molecule has 0 aliphatic rings. The summed E-state index contributed by atoms with van der Waals surface area (Å²) in [5, 5.41) is 2.30. The molecule has 0 saturated heterocycles. The van der Waals surface area contributed by atoms with Gasteiger partial charge < -0.3 is 4.42 Å². The molecule has 25 heavy (non-hydrogen) atoms. The van der Waals surface area contributed by atoms with Crippen LogP contribution in [-0.4, -0.2) is 19.2 Å². The number of thiophene rings is 1. The Morgan fingerprint density at radius 3 is 2.60 bits per heavy atom. The third-order valence-corrected chi connectivity index (χ3v) is 7.31. The largest absolute Gasteiger partial charge is 0.428 e. The minimum Gasteiger partial charge on any atom is -0.428 e. The molecule has 0 aliphatic heterocycles. The molecule has 0 bridgehead atoms. The lowest BCUT2D eigenvalue weighted by molar-refractivity contribution is 0.471. The van der Waals surface area contributed by atoms with Gasteiger partial charge in [0.2, 0.25) is 25.8 Å². The van der Waals surface area contributed by atoms with E-state index in [1.807, 2.05) is 24.4 Å². The fraction of sp³-hybridized carbons (Fsp3) is 0.278. The highest BCUT2D eigenvalue weighted by Crippen LogP contribution is 2.36. The van der Waals surface area contributed by atoms with Crippen LogP contribution in [0.2, 0.25) is 0 Å². The van der Waals surface area contributed by atoms with E-state index in [-0.39, 0.29) is 9.92 Å². The van der Waals surface area contributed by atoms with Crippen LogP contribution in [0.3, 0.4) is 0 Å². The van der Waals surface area contributed by atoms with Gasteiger partial charge in [-0.1, -0.05) is 48.9 Å². The van der Waals surface area contributed by atoms with E-state index < -0.39 is 9.84 Å². The van der Waals surface area contributed by atoms with E-state index in [0.717, 1.165) is 29.0 Å². The Balaban J connectivity index is 2.04. The van der Waals surface area contributed by atoms with Crippen LogP contribution in [0.5, 0.6) is 0 Å². The second-order valence-corrected chi connectivity index (χ2v) is 9.49. The van der Waals surface area contributed by atoms with E-state index in [0.29, 0.717) is 11.0 Å². The molecular formula is C18H19NO3S3. The zero-order valence-corrected chi connectivity index (χ0v) is 16.5. The SMILES string of the molecule is CCCCSc1oc(-c2cccs2)nc1S(=O)(=O)c1ccc(C)cc1. The number of oxazole rings is 1. The number of benzene rings is 1. The van der Waals surface area contributed by atoms with Gasteiger partial charge in [0, 0.05) is 5.75 Å². The van der Waals surface area contributed by atoms with Crippen molar-refractivity contribution in [1.29, 1.82) is 0 Å². The molecule has 132 valence electrons. The monoisotopic (exact) mass is 393 g/mol. The Bertz CT molecular complexity index is 927. The summed E-state index contributed by atoms with van der Waals surface area (Å²) < 4.78 is 31.9. The van der Waals surface area contributed by atoms with E-state index in [9.17, 15) is 8.42 Å². The maximum absolute atomic E-state index is 13.0. The topological polar surface area (TPSA) is 60.2 Å². The van der Waals surface area contributed by atoms with Crippen molar-refractivity contribution in [3.8, 4) is 10.8 Å². The van der Waals surface area contributed by atoms with Gasteiger partial charge in [0.25, 0.3) is 0 Å². The Morgan fingerprint density at radius 1 is 1.20 bits per heavy atom. The molecule has 3 rings (SSSR count). The number of nitrogens with zero attached hydrogens (tertiary/aromatic N) is 1. The number of rotatable bonds is 7. The van der Waals surface area contributed by atoms with Crippen LogP contribution in [0, 0.1) is 6.92 Å². The molecule has 0 fully saturated rings. The average Bonchev–Trinajstić information content (AvgIpc) is 3.25. The van der Waals surface area contributed by atoms with Gasteiger partial charge in [0.05, 0.1) is 9.77 Å². The molecule has 3 aromatic rings. The third-order valence-electron chi connectivity index (χ3n) is 3.62. The lowest BCUT2D eigenvalue weighted by atomic mass is 10.2. The van der Waals surface area contributed by atoms with Crippen molar-refractivity contribution in [1.82, 2.24) is 4.98 Å². The standard InChI is InChI=1S/C18H19NO3S3/c1-3-4-11-24-18-17(19-16(22-18)15-6-5-12-23-15)25(20,21)14-9-7-13(2)8-10-14/h5-10,12H,3-4,11H2,1-2H3. The quantitative estimate of drug-likeness (QED) is 0.395. The van der Waals surface area contributed by atoms with E-state index in [4.69, 9.17) is 4.42 Å². The van der Waals surface area contributed by atoms with Crippen molar-refractivity contribution in [3.05, 3.63) is 47.3 Å². The lowest BCUT2D eigenvalue weighted by Crippen LogP contribution is -2.04. The first-order chi connectivity index (χ1) is 12.0. The molecule has 0 N–H and O–H groups in total. The average molecular weight is 394 g/mol. The molecular weight excluding hydrogens is 374 g/mol. The summed E-state index contributed by atoms with van der Waals surface area (Å²) in [5.74, 6) is 1.16. The van der Waals surface area contributed by atoms with Crippen LogP contribution in [0.15, 0.2) is 61.2 Å². The molecule has 1 aromatic carbocycles. The summed E-state index contributed by atoms with van der Waals surface area (Å²) in [7, 11) is -3.71. The van der Waals surface area contributed by atoms with Crippen LogP contribution in [0.4, 0.5) is 0 Å². The number of sulfone groups is 1. The Hall–Kier alpha value is -1.57. The first-order valence-electron chi connectivity index (χ1n) is 8.01. The van der Waals surface area contributed by atoms with E-state index >= 15 is 0 Å². The molecule has 2 heterocycles. The maximum Gasteiger partial charge on any atom is 0.238 e. The summed E-state index contributed by atoms with van der Waals surface area (Å²) in [4.78, 5) is 5.40. The van der Waals surface area contributed by atoms with E-state index in [2.05, 4.69) is 11.9 Å². The zero-order chi connectivity index (χ0) is 17.9. The molecule has 0 atom stereocenters. The molecule has 0 unspecified atom stereocenters. The van der Waals surface area contributed by atoms with Gasteiger partial charge in [-0.2, -0.15) is 4.98 Å². The summed E-state index contributed by atoms with van der Waals surface area (Å²) in [6.07, 6.45) is 2.03. The van der Waals surface area contributed by atoms with Gasteiger partial charge in [-0.25, -0.2) is 8.42 Å². The number of aryl methyl sites for hydroxylation is 1. The van der Waals surface area contributed by atoms with Crippen LogP contribution in [0.25, 0.3) is 10.8 Å². The second kappa shape index (κ2) is 7.76. The van der Waals surface area contributed by atoms with Gasteiger partial charge in [0.1, 0.15) is 0 Å². The predicted molar refractivity (Wildman–Crippen MR) is 102 cm³/mol. The van der Waals surface area contributed by atoms with Gasteiger partial charge in [-0.05, 0) is 36.9 Å². The molecule has 2 aromatic heterocycles. The first-order valence-corrected chi connectivity index (χ1v) is 11.4. The third kappa shape index (κ3) is 3.99. The fourth-order valence-corrected chi connectivity index (χ4v) is 5.46. The summed E-state index contributed by atoms with van der Waals surface area (Å²) >= 11 is 2.89.